The van der Waals surface area contributed by atoms with Crippen molar-refractivity contribution in [2.24, 2.45) is 0 Å². The van der Waals surface area contributed by atoms with E-state index in [4.69, 9.17) is 20.6 Å². The van der Waals surface area contributed by atoms with Crippen molar-refractivity contribution < 1.29 is 13.8 Å². The second kappa shape index (κ2) is 6.51. The van der Waals surface area contributed by atoms with Crippen LogP contribution in [0.3, 0.4) is 0 Å². The normalized spacial score (nSPS) is 10.7. The van der Waals surface area contributed by atoms with E-state index < -0.39 is 0 Å². The first-order valence-corrected chi connectivity index (χ1v) is 7.69. The minimum atomic E-state index is -0.340. The van der Waals surface area contributed by atoms with Gasteiger partial charge in [0.25, 0.3) is 5.91 Å². The highest BCUT2D eigenvalue weighted by atomic mass is 79.9. The summed E-state index contributed by atoms with van der Waals surface area (Å²) in [5, 5.41) is 10.6. The Balaban J connectivity index is 1.68. The summed E-state index contributed by atoms with van der Waals surface area (Å²) < 4.78 is 10.8. The maximum atomic E-state index is 12.1. The molecule has 0 fully saturated rings. The van der Waals surface area contributed by atoms with Crippen LogP contribution < -0.4 is 5.32 Å². The Labute approximate surface area is 144 Å². The molecular formula is C14H10BrClN4O3. The van der Waals surface area contributed by atoms with Crippen molar-refractivity contribution >= 4 is 33.4 Å². The highest BCUT2D eigenvalue weighted by molar-refractivity contribution is 9.10. The van der Waals surface area contributed by atoms with E-state index >= 15 is 0 Å². The van der Waals surface area contributed by atoms with Crippen molar-refractivity contribution in [3.8, 4) is 11.5 Å². The Morgan fingerprint density at radius 1 is 1.30 bits per heavy atom. The lowest BCUT2D eigenvalue weighted by Crippen LogP contribution is -2.23. The van der Waals surface area contributed by atoms with Gasteiger partial charge in [-0.05, 0) is 25.1 Å². The molecular weight excluding hydrogens is 388 g/mol. The quantitative estimate of drug-likeness (QED) is 0.725. The maximum Gasteiger partial charge on any atom is 0.253 e. The van der Waals surface area contributed by atoms with Gasteiger partial charge < -0.3 is 14.4 Å². The summed E-state index contributed by atoms with van der Waals surface area (Å²) in [6.45, 7) is 1.84. The Morgan fingerprint density at radius 2 is 2.13 bits per heavy atom. The van der Waals surface area contributed by atoms with Crippen molar-refractivity contribution in [1.29, 1.82) is 0 Å². The van der Waals surface area contributed by atoms with Crippen LogP contribution in [0.5, 0.6) is 0 Å². The number of benzene rings is 1. The highest BCUT2D eigenvalue weighted by Gasteiger charge is 2.15. The zero-order valence-electron chi connectivity index (χ0n) is 11.8. The van der Waals surface area contributed by atoms with Gasteiger partial charge in [-0.15, -0.1) is 0 Å². The van der Waals surface area contributed by atoms with E-state index in [1.807, 2.05) is 0 Å². The van der Waals surface area contributed by atoms with Crippen LogP contribution in [-0.4, -0.2) is 21.2 Å². The molecule has 0 saturated heterocycles. The standard InChI is InChI=1S/C14H10BrClN4O3/c1-7-4-11(19-22-7)13-18-12(23-20-13)6-17-14(21)9-5-8(15)2-3-10(9)16/h2-5H,6H2,1H3,(H,17,21). The molecule has 0 aliphatic heterocycles. The van der Waals surface area contributed by atoms with Crippen LogP contribution in [0.15, 0.2) is 37.8 Å². The predicted molar refractivity (Wildman–Crippen MR) is 84.9 cm³/mol. The first-order valence-electron chi connectivity index (χ1n) is 6.52. The first kappa shape index (κ1) is 15.7. The van der Waals surface area contributed by atoms with E-state index in [1.165, 1.54) is 0 Å². The van der Waals surface area contributed by atoms with E-state index in [9.17, 15) is 4.79 Å². The van der Waals surface area contributed by atoms with E-state index in [2.05, 4.69) is 36.5 Å². The van der Waals surface area contributed by atoms with Crippen molar-refractivity contribution in [2.45, 2.75) is 13.5 Å². The number of nitrogens with one attached hydrogen (secondary N) is 1. The van der Waals surface area contributed by atoms with Gasteiger partial charge in [-0.25, -0.2) is 0 Å². The summed E-state index contributed by atoms with van der Waals surface area (Å²) in [4.78, 5) is 16.3. The fourth-order valence-electron chi connectivity index (χ4n) is 1.83. The third kappa shape index (κ3) is 3.59. The molecule has 0 spiro atoms. The number of carbonyl (C=O) groups excluding carboxylic acids is 1. The van der Waals surface area contributed by atoms with E-state index in [-0.39, 0.29) is 18.3 Å². The molecule has 0 radical (unpaired) electrons. The third-order valence-corrected chi connectivity index (χ3v) is 3.72. The van der Waals surface area contributed by atoms with Crippen LogP contribution >= 0.6 is 27.5 Å². The van der Waals surface area contributed by atoms with Gasteiger partial charge in [0, 0.05) is 10.5 Å². The molecule has 1 N–H and O–H groups in total. The molecule has 0 atom stereocenters. The fourth-order valence-corrected chi connectivity index (χ4v) is 2.39. The van der Waals surface area contributed by atoms with Gasteiger partial charge in [-0.3, -0.25) is 4.79 Å². The lowest BCUT2D eigenvalue weighted by Gasteiger charge is -2.05. The molecule has 2 aromatic heterocycles. The summed E-state index contributed by atoms with van der Waals surface area (Å²) in [5.74, 6) is 0.851. The number of carbonyl (C=O) groups is 1. The van der Waals surface area contributed by atoms with Crippen LogP contribution in [0.25, 0.3) is 11.5 Å². The Morgan fingerprint density at radius 3 is 2.87 bits per heavy atom. The van der Waals surface area contributed by atoms with Crippen LogP contribution in [0.4, 0.5) is 0 Å². The molecule has 0 bridgehead atoms. The number of amides is 1. The molecule has 0 unspecified atom stereocenters. The minimum Gasteiger partial charge on any atom is -0.361 e. The first-order chi connectivity index (χ1) is 11.0. The van der Waals surface area contributed by atoms with E-state index in [1.54, 1.807) is 31.2 Å². The minimum absolute atomic E-state index is 0.0749. The number of rotatable bonds is 4. The van der Waals surface area contributed by atoms with E-state index in [0.29, 0.717) is 27.9 Å². The average Bonchev–Trinajstić information content (AvgIpc) is 3.16. The van der Waals surface area contributed by atoms with Gasteiger partial charge in [-0.1, -0.05) is 37.8 Å². The van der Waals surface area contributed by atoms with Crippen LogP contribution in [0.2, 0.25) is 5.02 Å². The molecule has 2 heterocycles. The number of nitrogens with zero attached hydrogens (tertiary/aromatic N) is 3. The molecule has 9 heteroatoms. The summed E-state index contributed by atoms with van der Waals surface area (Å²) >= 11 is 9.30. The zero-order chi connectivity index (χ0) is 16.4. The Hall–Kier alpha value is -2.19. The van der Waals surface area contributed by atoms with Gasteiger partial charge in [0.15, 0.2) is 5.69 Å². The van der Waals surface area contributed by atoms with E-state index in [0.717, 1.165) is 4.47 Å². The number of hydrogen-bond donors (Lipinski definition) is 1. The van der Waals surface area contributed by atoms with Crippen LogP contribution in [0.1, 0.15) is 22.0 Å². The number of halogens is 2. The van der Waals surface area contributed by atoms with Crippen LogP contribution in [-0.2, 0) is 6.54 Å². The number of hydrogen-bond acceptors (Lipinski definition) is 6. The molecule has 1 aromatic carbocycles. The van der Waals surface area contributed by atoms with Gasteiger partial charge in [-0.2, -0.15) is 4.98 Å². The lowest BCUT2D eigenvalue weighted by atomic mass is 10.2. The predicted octanol–water partition coefficient (Wildman–Crippen LogP) is 3.38. The number of aryl methyl sites for hydroxylation is 1. The number of aromatic nitrogens is 3. The Bertz CT molecular complexity index is 861. The zero-order valence-corrected chi connectivity index (χ0v) is 14.2. The largest absolute Gasteiger partial charge is 0.361 e. The van der Waals surface area contributed by atoms with Crippen molar-refractivity contribution in [2.75, 3.05) is 0 Å². The molecule has 0 saturated carbocycles. The van der Waals surface area contributed by atoms with Crippen molar-refractivity contribution in [1.82, 2.24) is 20.6 Å². The molecule has 0 aliphatic carbocycles. The topological polar surface area (TPSA) is 94.1 Å². The second-order valence-electron chi connectivity index (χ2n) is 4.64. The summed E-state index contributed by atoms with van der Waals surface area (Å²) in [6, 6.07) is 6.71. The molecule has 7 nitrogen and oxygen atoms in total. The molecule has 1 amide bonds. The summed E-state index contributed by atoms with van der Waals surface area (Å²) in [6.07, 6.45) is 0. The fraction of sp³-hybridized carbons (Fsp3) is 0.143. The smallest absolute Gasteiger partial charge is 0.253 e. The summed E-state index contributed by atoms with van der Waals surface area (Å²) in [5.41, 5.74) is 0.826. The SMILES string of the molecule is Cc1cc(-c2noc(CNC(=O)c3cc(Br)ccc3Cl)n2)no1. The van der Waals surface area contributed by atoms with Gasteiger partial charge >= 0.3 is 0 Å². The third-order valence-electron chi connectivity index (χ3n) is 2.90. The Kier molecular flexibility index (Phi) is 4.44. The molecule has 0 aliphatic rings. The van der Waals surface area contributed by atoms with Crippen molar-refractivity contribution in [3.05, 3.63) is 51.0 Å². The second-order valence-corrected chi connectivity index (χ2v) is 5.96. The highest BCUT2D eigenvalue weighted by Crippen LogP contribution is 2.21. The van der Waals surface area contributed by atoms with Gasteiger partial charge in [0.2, 0.25) is 11.7 Å². The van der Waals surface area contributed by atoms with Gasteiger partial charge in [0.1, 0.15) is 5.76 Å². The van der Waals surface area contributed by atoms with Crippen molar-refractivity contribution in [3.63, 3.8) is 0 Å². The molecule has 3 aromatic rings. The molecule has 23 heavy (non-hydrogen) atoms. The summed E-state index contributed by atoms with van der Waals surface area (Å²) in [7, 11) is 0. The monoisotopic (exact) mass is 396 g/mol. The lowest BCUT2D eigenvalue weighted by molar-refractivity contribution is 0.0946. The average molecular weight is 398 g/mol. The van der Waals surface area contributed by atoms with Crippen LogP contribution in [0, 0.1) is 6.92 Å². The molecule has 3 rings (SSSR count). The van der Waals surface area contributed by atoms with Gasteiger partial charge in [0.05, 0.1) is 17.1 Å². The molecule has 118 valence electrons. The maximum absolute atomic E-state index is 12.1.